The first-order valence-electron chi connectivity index (χ1n) is 4.14. The van der Waals surface area contributed by atoms with Gasteiger partial charge in [-0.3, -0.25) is 4.79 Å². The summed E-state index contributed by atoms with van der Waals surface area (Å²) in [7, 11) is 0. The summed E-state index contributed by atoms with van der Waals surface area (Å²) >= 11 is 5.51. The smallest absolute Gasteiger partial charge is 0.322 e. The van der Waals surface area contributed by atoms with Crippen molar-refractivity contribution in [1.82, 2.24) is 0 Å². The molecule has 6 heteroatoms. The highest BCUT2D eigenvalue weighted by atomic mass is 35.5. The molecule has 2 nitrogen and oxygen atoms in total. The van der Waals surface area contributed by atoms with E-state index >= 15 is 0 Å². The molecule has 0 bridgehead atoms. The minimum Gasteiger partial charge on any atom is -0.322 e. The maximum absolute atomic E-state index is 12.4. The Labute approximate surface area is 94.7 Å². The zero-order valence-corrected chi connectivity index (χ0v) is 8.69. The van der Waals surface area contributed by atoms with Gasteiger partial charge < -0.3 is 5.32 Å². The molecular formula is C10H7ClF3NO. The average molecular weight is 250 g/mol. The molecule has 86 valence electrons. The van der Waals surface area contributed by atoms with Gasteiger partial charge in [-0.2, -0.15) is 13.2 Å². The summed E-state index contributed by atoms with van der Waals surface area (Å²) in [5, 5.41) is 2.10. The van der Waals surface area contributed by atoms with Crippen LogP contribution in [0.5, 0.6) is 0 Å². The van der Waals surface area contributed by atoms with Gasteiger partial charge in [-0.25, -0.2) is 0 Å². The maximum atomic E-state index is 12.4. The Bertz CT molecular complexity index is 429. The van der Waals surface area contributed by atoms with Crippen LogP contribution in [0.15, 0.2) is 30.9 Å². The molecule has 0 saturated carbocycles. The van der Waals surface area contributed by atoms with E-state index in [1.807, 2.05) is 0 Å². The minimum absolute atomic E-state index is 0.0234. The van der Waals surface area contributed by atoms with Gasteiger partial charge in [-0.15, -0.1) is 0 Å². The van der Waals surface area contributed by atoms with E-state index in [0.29, 0.717) is 0 Å². The highest BCUT2D eigenvalue weighted by Gasteiger charge is 2.31. The number of hydrogen-bond acceptors (Lipinski definition) is 1. The van der Waals surface area contributed by atoms with Crippen molar-refractivity contribution in [3.8, 4) is 0 Å². The molecule has 1 rings (SSSR count). The number of carbonyl (C=O) groups is 1. The number of alkyl halides is 3. The summed E-state index contributed by atoms with van der Waals surface area (Å²) in [6.07, 6.45) is -3.55. The Kier molecular flexibility index (Phi) is 3.59. The highest BCUT2D eigenvalue weighted by Crippen LogP contribution is 2.33. The van der Waals surface area contributed by atoms with Gasteiger partial charge in [0.05, 0.1) is 5.56 Å². The Morgan fingerprint density at radius 1 is 1.38 bits per heavy atom. The molecule has 0 spiro atoms. The standard InChI is InChI=1S/C10H7ClF3NO/c1-2-9(16)15-8-4-6(10(12,13)14)3-7(11)5-8/h2-5H,1H2,(H,15,16). The van der Waals surface area contributed by atoms with E-state index in [4.69, 9.17) is 11.6 Å². The monoisotopic (exact) mass is 249 g/mol. The largest absolute Gasteiger partial charge is 0.416 e. The van der Waals surface area contributed by atoms with Gasteiger partial charge in [0.25, 0.3) is 0 Å². The SMILES string of the molecule is C=CC(=O)Nc1cc(Cl)cc(C(F)(F)F)c1. The molecule has 1 aromatic carbocycles. The number of halogens is 4. The predicted octanol–water partition coefficient (Wildman–Crippen LogP) is 3.48. The van der Waals surface area contributed by atoms with Gasteiger partial charge >= 0.3 is 6.18 Å². The summed E-state index contributed by atoms with van der Waals surface area (Å²) in [5.74, 6) is -0.601. The third-order valence-corrected chi connectivity index (χ3v) is 1.90. The molecule has 0 aliphatic rings. The van der Waals surface area contributed by atoms with Crippen LogP contribution >= 0.6 is 11.6 Å². The van der Waals surface area contributed by atoms with Gasteiger partial charge in [0.15, 0.2) is 0 Å². The van der Waals surface area contributed by atoms with Crippen molar-refractivity contribution in [2.45, 2.75) is 6.18 Å². The first kappa shape index (κ1) is 12.6. The fourth-order valence-corrected chi connectivity index (χ4v) is 1.25. The van der Waals surface area contributed by atoms with Crippen molar-refractivity contribution >= 4 is 23.2 Å². The topological polar surface area (TPSA) is 29.1 Å². The Morgan fingerprint density at radius 3 is 2.50 bits per heavy atom. The molecule has 0 radical (unpaired) electrons. The molecule has 1 aromatic rings. The number of rotatable bonds is 2. The molecule has 0 saturated heterocycles. The quantitative estimate of drug-likeness (QED) is 0.799. The van der Waals surface area contributed by atoms with Crippen molar-refractivity contribution in [1.29, 1.82) is 0 Å². The molecule has 1 N–H and O–H groups in total. The number of anilines is 1. The van der Waals surface area contributed by atoms with Crippen LogP contribution in [0.1, 0.15) is 5.56 Å². The fraction of sp³-hybridized carbons (Fsp3) is 0.100. The van der Waals surface area contributed by atoms with Crippen molar-refractivity contribution in [2.75, 3.05) is 5.32 Å². The van der Waals surface area contributed by atoms with Gasteiger partial charge in [-0.05, 0) is 24.3 Å². The molecule has 16 heavy (non-hydrogen) atoms. The zero-order chi connectivity index (χ0) is 12.3. The van der Waals surface area contributed by atoms with Crippen LogP contribution < -0.4 is 5.32 Å². The molecule has 0 fully saturated rings. The van der Waals surface area contributed by atoms with Crippen LogP contribution in [-0.4, -0.2) is 5.91 Å². The van der Waals surface area contributed by atoms with Crippen LogP contribution in [-0.2, 0) is 11.0 Å². The molecule has 0 aliphatic heterocycles. The predicted molar refractivity (Wildman–Crippen MR) is 55.3 cm³/mol. The lowest BCUT2D eigenvalue weighted by Gasteiger charge is -2.10. The molecule has 0 atom stereocenters. The van der Waals surface area contributed by atoms with Crippen molar-refractivity contribution < 1.29 is 18.0 Å². The first-order chi connectivity index (χ1) is 7.32. The summed E-state index contributed by atoms with van der Waals surface area (Å²) < 4.78 is 37.1. The van der Waals surface area contributed by atoms with E-state index in [-0.39, 0.29) is 10.7 Å². The van der Waals surface area contributed by atoms with E-state index in [2.05, 4.69) is 11.9 Å². The lowest BCUT2D eigenvalue weighted by atomic mass is 10.2. The number of benzene rings is 1. The zero-order valence-electron chi connectivity index (χ0n) is 7.94. The average Bonchev–Trinajstić information content (AvgIpc) is 2.15. The normalized spacial score (nSPS) is 11.0. The lowest BCUT2D eigenvalue weighted by molar-refractivity contribution is -0.137. The summed E-state index contributed by atoms with van der Waals surface area (Å²) in [5.41, 5.74) is -0.941. The van der Waals surface area contributed by atoms with Crippen LogP contribution in [0.2, 0.25) is 5.02 Å². The molecule has 0 aromatic heterocycles. The van der Waals surface area contributed by atoms with E-state index in [1.165, 1.54) is 6.07 Å². The third kappa shape index (κ3) is 3.27. The number of carbonyl (C=O) groups excluding carboxylic acids is 1. The van der Waals surface area contributed by atoms with Crippen molar-refractivity contribution in [3.05, 3.63) is 41.4 Å². The van der Waals surface area contributed by atoms with Gasteiger partial charge in [0.2, 0.25) is 5.91 Å². The Morgan fingerprint density at radius 2 is 2.00 bits per heavy atom. The summed E-state index contributed by atoms with van der Waals surface area (Å²) in [6, 6.07) is 2.80. The van der Waals surface area contributed by atoms with E-state index in [9.17, 15) is 18.0 Å². The highest BCUT2D eigenvalue weighted by molar-refractivity contribution is 6.31. The molecule has 0 unspecified atom stereocenters. The number of hydrogen-bond donors (Lipinski definition) is 1. The van der Waals surface area contributed by atoms with Crippen molar-refractivity contribution in [3.63, 3.8) is 0 Å². The molecule has 0 aliphatic carbocycles. The first-order valence-corrected chi connectivity index (χ1v) is 4.52. The minimum atomic E-state index is -4.50. The van der Waals surface area contributed by atoms with Crippen LogP contribution in [0.25, 0.3) is 0 Å². The second-order valence-electron chi connectivity index (χ2n) is 2.92. The Balaban J connectivity index is 3.08. The second-order valence-corrected chi connectivity index (χ2v) is 3.36. The van der Waals surface area contributed by atoms with Crippen LogP contribution in [0.4, 0.5) is 18.9 Å². The molecular weight excluding hydrogens is 243 g/mol. The van der Waals surface area contributed by atoms with Crippen LogP contribution in [0, 0.1) is 0 Å². The van der Waals surface area contributed by atoms with Gasteiger partial charge in [-0.1, -0.05) is 18.2 Å². The summed E-state index contributed by atoms with van der Waals surface area (Å²) in [4.78, 5) is 10.9. The number of nitrogens with one attached hydrogen (secondary N) is 1. The second kappa shape index (κ2) is 4.57. The Hall–Kier alpha value is -1.49. The van der Waals surface area contributed by atoms with E-state index < -0.39 is 17.6 Å². The lowest BCUT2D eigenvalue weighted by Crippen LogP contribution is -2.10. The van der Waals surface area contributed by atoms with Gasteiger partial charge in [0, 0.05) is 10.7 Å². The maximum Gasteiger partial charge on any atom is 0.416 e. The van der Waals surface area contributed by atoms with Crippen molar-refractivity contribution in [2.24, 2.45) is 0 Å². The molecule has 1 amide bonds. The van der Waals surface area contributed by atoms with E-state index in [1.54, 1.807) is 0 Å². The fourth-order valence-electron chi connectivity index (χ4n) is 1.02. The van der Waals surface area contributed by atoms with E-state index in [0.717, 1.165) is 18.2 Å². The van der Waals surface area contributed by atoms with Crippen LogP contribution in [0.3, 0.4) is 0 Å². The number of amides is 1. The third-order valence-electron chi connectivity index (χ3n) is 1.68. The molecule has 0 heterocycles. The van der Waals surface area contributed by atoms with Gasteiger partial charge in [0.1, 0.15) is 0 Å². The summed E-state index contributed by atoms with van der Waals surface area (Å²) in [6.45, 7) is 3.18.